The number of carbonyl (C=O) groups excluding carboxylic acids is 3. The van der Waals surface area contributed by atoms with Gasteiger partial charge in [0, 0.05) is 17.8 Å². The molecule has 6 aliphatic rings. The summed E-state index contributed by atoms with van der Waals surface area (Å²) in [5, 5.41) is 0. The number of hydrogen-bond acceptors (Lipinski definition) is 12. The van der Waals surface area contributed by atoms with Crippen molar-refractivity contribution >= 4 is 17.9 Å². The Hall–Kier alpha value is -1.83. The molecule has 0 bridgehead atoms. The van der Waals surface area contributed by atoms with E-state index in [4.69, 9.17) is 42.6 Å². The zero-order chi connectivity index (χ0) is 39.2. The van der Waals surface area contributed by atoms with E-state index in [9.17, 15) is 14.4 Å². The zero-order valence-electron chi connectivity index (χ0n) is 34.5. The van der Waals surface area contributed by atoms with E-state index in [2.05, 4.69) is 20.8 Å². The monoisotopic (exact) mass is 764 g/mol. The molecule has 3 aliphatic heterocycles. The zero-order valence-corrected chi connectivity index (χ0v) is 34.5. The van der Waals surface area contributed by atoms with E-state index in [0.717, 1.165) is 57.8 Å². The quantitative estimate of drug-likeness (QED) is 0.0585. The molecule has 9 unspecified atom stereocenters. The Kier molecular flexibility index (Phi) is 12.3. The number of hydrogen-bond donors (Lipinski definition) is 0. The largest absolute Gasteiger partial charge is 0.459 e. The molecule has 54 heavy (non-hydrogen) atoms. The second-order valence-corrected chi connectivity index (χ2v) is 19.3. The molecule has 0 N–H and O–H groups in total. The van der Waals surface area contributed by atoms with Gasteiger partial charge in [-0.15, -0.1) is 0 Å². The van der Waals surface area contributed by atoms with Gasteiger partial charge < -0.3 is 42.6 Å². The standard InChI is InChI=1S/C42H68O12/c1-37(2,27-12-17-40(7)32(22-27)50-40)52-34(43)14-19-46-25-30(48-21-16-36(45)54-39(5,6)29-10-11-31-42(9,24-29)49-31)26-47-20-15-35(44)53-38(3,4)28-13-18-41(8)33(23-28)51-41/h27-33H,10-26H2,1-9H3. The highest BCUT2D eigenvalue weighted by Gasteiger charge is 2.59. The van der Waals surface area contributed by atoms with Crippen molar-refractivity contribution in [2.75, 3.05) is 33.0 Å². The van der Waals surface area contributed by atoms with E-state index >= 15 is 0 Å². The highest BCUT2D eigenvalue weighted by atomic mass is 16.6. The molecule has 3 saturated carbocycles. The van der Waals surface area contributed by atoms with Crippen LogP contribution in [-0.4, -0.2) is 109 Å². The average Bonchev–Trinajstić information content (AvgIpc) is 4.01. The van der Waals surface area contributed by atoms with Crippen LogP contribution in [0.5, 0.6) is 0 Å². The molecule has 0 spiro atoms. The van der Waals surface area contributed by atoms with Gasteiger partial charge in [0.1, 0.15) is 22.9 Å². The Bertz CT molecular complexity index is 1290. The average molecular weight is 765 g/mol. The van der Waals surface area contributed by atoms with Gasteiger partial charge in [0.05, 0.1) is 87.4 Å². The minimum absolute atomic E-state index is 0.0112. The first-order chi connectivity index (χ1) is 25.2. The minimum Gasteiger partial charge on any atom is -0.459 e. The lowest BCUT2D eigenvalue weighted by molar-refractivity contribution is -0.168. The summed E-state index contributed by atoms with van der Waals surface area (Å²) in [7, 11) is 0. The predicted molar refractivity (Wildman–Crippen MR) is 198 cm³/mol. The van der Waals surface area contributed by atoms with Crippen molar-refractivity contribution in [1.29, 1.82) is 0 Å². The topological polar surface area (TPSA) is 144 Å². The first kappa shape index (κ1) is 41.8. The van der Waals surface area contributed by atoms with E-state index in [1.54, 1.807) is 0 Å². The Balaban J connectivity index is 0.918. The number of esters is 3. The first-order valence-electron chi connectivity index (χ1n) is 20.7. The predicted octanol–water partition coefficient (Wildman–Crippen LogP) is 6.41. The minimum atomic E-state index is -0.610. The highest BCUT2D eigenvalue weighted by molar-refractivity contribution is 5.70. The van der Waals surface area contributed by atoms with Crippen LogP contribution >= 0.6 is 0 Å². The lowest BCUT2D eigenvalue weighted by atomic mass is 9.74. The summed E-state index contributed by atoms with van der Waals surface area (Å²) in [6.45, 7) is 19.0. The van der Waals surface area contributed by atoms with Crippen molar-refractivity contribution in [2.45, 2.75) is 197 Å². The molecule has 3 saturated heterocycles. The molecule has 3 heterocycles. The van der Waals surface area contributed by atoms with Gasteiger partial charge in [-0.05, 0) is 120 Å². The molecule has 0 aromatic heterocycles. The summed E-state index contributed by atoms with van der Waals surface area (Å²) in [4.78, 5) is 38.6. The second kappa shape index (κ2) is 15.8. The number of ether oxygens (including phenoxy) is 9. The molecular weight excluding hydrogens is 696 g/mol. The summed E-state index contributed by atoms with van der Waals surface area (Å²) < 4.78 is 53.2. The van der Waals surface area contributed by atoms with Gasteiger partial charge in [-0.25, -0.2) is 0 Å². The molecular formula is C42H68O12. The fourth-order valence-corrected chi connectivity index (χ4v) is 9.40. The smallest absolute Gasteiger partial charge is 0.308 e. The maximum atomic E-state index is 12.9. The third-order valence-electron chi connectivity index (χ3n) is 13.8. The van der Waals surface area contributed by atoms with Crippen LogP contribution in [0.1, 0.15) is 139 Å². The van der Waals surface area contributed by atoms with Crippen LogP contribution in [0.15, 0.2) is 0 Å². The van der Waals surface area contributed by atoms with Crippen LogP contribution in [0.3, 0.4) is 0 Å². The van der Waals surface area contributed by atoms with Gasteiger partial charge in [0.2, 0.25) is 0 Å². The molecule has 0 radical (unpaired) electrons. The van der Waals surface area contributed by atoms with Gasteiger partial charge in [-0.2, -0.15) is 0 Å². The summed E-state index contributed by atoms with van der Waals surface area (Å²) in [5.74, 6) is -0.222. The van der Waals surface area contributed by atoms with Crippen LogP contribution < -0.4 is 0 Å². The Morgan fingerprint density at radius 2 is 1.00 bits per heavy atom. The van der Waals surface area contributed by atoms with Crippen LogP contribution in [0.4, 0.5) is 0 Å². The Labute approximate surface area is 322 Å². The van der Waals surface area contributed by atoms with E-state index in [1.165, 1.54) is 0 Å². The Morgan fingerprint density at radius 1 is 0.574 bits per heavy atom. The van der Waals surface area contributed by atoms with Gasteiger partial charge >= 0.3 is 17.9 Å². The highest BCUT2D eigenvalue weighted by Crippen LogP contribution is 2.54. The molecule has 6 fully saturated rings. The van der Waals surface area contributed by atoms with Gasteiger partial charge in [0.25, 0.3) is 0 Å². The third-order valence-corrected chi connectivity index (χ3v) is 13.8. The molecule has 0 aromatic rings. The van der Waals surface area contributed by atoms with E-state index < -0.39 is 22.9 Å². The molecule has 6 rings (SSSR count). The van der Waals surface area contributed by atoms with Gasteiger partial charge in [-0.1, -0.05) is 0 Å². The Morgan fingerprint density at radius 3 is 1.44 bits per heavy atom. The van der Waals surface area contributed by atoms with Gasteiger partial charge in [-0.3, -0.25) is 14.4 Å². The third kappa shape index (κ3) is 10.4. The molecule has 308 valence electrons. The van der Waals surface area contributed by atoms with Crippen LogP contribution in [0, 0.1) is 17.8 Å². The van der Waals surface area contributed by atoms with Crippen molar-refractivity contribution < 1.29 is 57.0 Å². The molecule has 3 aliphatic carbocycles. The van der Waals surface area contributed by atoms with Gasteiger partial charge in [0.15, 0.2) is 0 Å². The van der Waals surface area contributed by atoms with Crippen molar-refractivity contribution in [1.82, 2.24) is 0 Å². The molecule has 9 atom stereocenters. The lowest BCUT2D eigenvalue weighted by Gasteiger charge is -2.37. The maximum Gasteiger partial charge on any atom is 0.308 e. The first-order valence-corrected chi connectivity index (χ1v) is 20.7. The van der Waals surface area contributed by atoms with Crippen molar-refractivity contribution in [3.05, 3.63) is 0 Å². The van der Waals surface area contributed by atoms with Crippen LogP contribution in [-0.2, 0) is 57.0 Å². The lowest BCUT2D eigenvalue weighted by Crippen LogP contribution is -2.41. The number of rotatable bonds is 20. The molecule has 12 nitrogen and oxygen atoms in total. The van der Waals surface area contributed by atoms with Crippen molar-refractivity contribution in [3.63, 3.8) is 0 Å². The fourth-order valence-electron chi connectivity index (χ4n) is 9.40. The van der Waals surface area contributed by atoms with Crippen LogP contribution in [0.2, 0.25) is 0 Å². The summed E-state index contributed by atoms with van der Waals surface area (Å²) in [6.07, 6.45) is 9.14. The number of epoxide rings is 3. The normalized spacial score (nSPS) is 36.2. The van der Waals surface area contributed by atoms with E-state index in [-0.39, 0.29) is 117 Å². The summed E-state index contributed by atoms with van der Waals surface area (Å²) in [6, 6.07) is 0. The molecule has 0 aromatic carbocycles. The van der Waals surface area contributed by atoms with Crippen molar-refractivity contribution in [3.8, 4) is 0 Å². The molecule has 12 heteroatoms. The van der Waals surface area contributed by atoms with E-state index in [0.29, 0.717) is 6.10 Å². The molecule has 0 amide bonds. The fraction of sp³-hybridized carbons (Fsp3) is 0.929. The summed E-state index contributed by atoms with van der Waals surface area (Å²) in [5.41, 5.74) is -1.85. The van der Waals surface area contributed by atoms with Crippen LogP contribution in [0.25, 0.3) is 0 Å². The van der Waals surface area contributed by atoms with Crippen molar-refractivity contribution in [2.24, 2.45) is 17.8 Å². The maximum absolute atomic E-state index is 12.9. The SMILES string of the molecule is CC(C)(OC(=O)CCOCC(COCCC(=O)OC(C)(C)C1CCC2(C)OC2C1)OCCC(=O)OC(C)(C)C1CCC2OC2(C)C1)C1CCC2(C)OC2C1. The number of carbonyl (C=O) groups is 3. The van der Waals surface area contributed by atoms with E-state index in [1.807, 2.05) is 41.5 Å². The number of fused-ring (bicyclic) bond motifs is 3. The second-order valence-electron chi connectivity index (χ2n) is 19.3. The summed E-state index contributed by atoms with van der Waals surface area (Å²) >= 11 is 0.